The smallest absolute Gasteiger partial charge is 0.247 e. The number of hydrogen-bond donors (Lipinski definition) is 1. The maximum absolute atomic E-state index is 13.1. The molecule has 2 aromatic rings. The number of nitrogens with zero attached hydrogens (tertiary/aromatic N) is 1. The van der Waals surface area contributed by atoms with E-state index in [9.17, 15) is 9.59 Å². The van der Waals surface area contributed by atoms with Crippen molar-refractivity contribution >= 4 is 23.4 Å². The number of nitrogens with one attached hydrogen (secondary N) is 1. The van der Waals surface area contributed by atoms with Crippen molar-refractivity contribution in [3.63, 3.8) is 0 Å². The number of benzene rings is 2. The molecule has 0 radical (unpaired) electrons. The zero-order valence-electron chi connectivity index (χ0n) is 17.1. The van der Waals surface area contributed by atoms with E-state index in [0.717, 1.165) is 17.5 Å². The van der Waals surface area contributed by atoms with E-state index in [2.05, 4.69) is 5.32 Å². The second-order valence-electron chi connectivity index (χ2n) is 6.66. The van der Waals surface area contributed by atoms with E-state index >= 15 is 0 Å². The minimum absolute atomic E-state index is 0.0849. The van der Waals surface area contributed by atoms with Crippen LogP contribution in [0.15, 0.2) is 54.6 Å². The Labute approximate surface area is 178 Å². The first kappa shape index (κ1) is 22.9. The van der Waals surface area contributed by atoms with Gasteiger partial charge in [0.25, 0.3) is 0 Å². The van der Waals surface area contributed by atoms with E-state index < -0.39 is 6.04 Å². The number of carbonyl (C=O) groups excluding carboxylic acids is 2. The highest BCUT2D eigenvalue weighted by atomic mass is 35.5. The van der Waals surface area contributed by atoms with Gasteiger partial charge >= 0.3 is 0 Å². The van der Waals surface area contributed by atoms with Crippen LogP contribution in [-0.4, -0.2) is 36.5 Å². The van der Waals surface area contributed by atoms with Crippen LogP contribution in [0.1, 0.15) is 43.9 Å². The van der Waals surface area contributed by atoms with Gasteiger partial charge < -0.3 is 15.0 Å². The molecular formula is C23H29ClN2O3. The van der Waals surface area contributed by atoms with Crippen LogP contribution in [-0.2, 0) is 20.9 Å². The Morgan fingerprint density at radius 1 is 1.07 bits per heavy atom. The molecule has 1 N–H and O–H groups in total. The molecule has 5 nitrogen and oxygen atoms in total. The molecule has 0 aromatic heterocycles. The highest BCUT2D eigenvalue weighted by Crippen LogP contribution is 2.25. The molecule has 0 fully saturated rings. The lowest BCUT2D eigenvalue weighted by Crippen LogP contribution is -2.43. The lowest BCUT2D eigenvalue weighted by atomic mass is 10.0. The first-order valence-corrected chi connectivity index (χ1v) is 10.4. The van der Waals surface area contributed by atoms with Gasteiger partial charge in [0.1, 0.15) is 6.04 Å². The quantitative estimate of drug-likeness (QED) is 0.553. The van der Waals surface area contributed by atoms with Crippen molar-refractivity contribution in [2.24, 2.45) is 0 Å². The fraction of sp³-hybridized carbons (Fsp3) is 0.391. The van der Waals surface area contributed by atoms with E-state index in [1.165, 1.54) is 0 Å². The average molecular weight is 417 g/mol. The van der Waals surface area contributed by atoms with E-state index in [-0.39, 0.29) is 11.8 Å². The summed E-state index contributed by atoms with van der Waals surface area (Å²) in [5.41, 5.74) is 1.70. The maximum Gasteiger partial charge on any atom is 0.247 e. The molecule has 1 atom stereocenters. The Kier molecular flexibility index (Phi) is 9.68. The van der Waals surface area contributed by atoms with Crippen molar-refractivity contribution in [1.82, 2.24) is 10.2 Å². The molecule has 0 heterocycles. The standard InChI is InChI=1S/C23H29ClN2O3/c1-3-21(27)26(17-18-11-13-20(24)14-12-18)22(19-9-6-5-7-10-19)23(28)25-15-8-16-29-4-2/h5-7,9-14,22H,3-4,8,15-17H2,1-2H3,(H,25,28)/t22-/m1/s1. The molecule has 0 saturated carbocycles. The van der Waals surface area contributed by atoms with Crippen molar-refractivity contribution in [2.45, 2.75) is 39.3 Å². The molecule has 0 spiro atoms. The molecule has 29 heavy (non-hydrogen) atoms. The summed E-state index contributed by atoms with van der Waals surface area (Å²) < 4.78 is 5.33. The number of hydrogen-bond acceptors (Lipinski definition) is 3. The molecule has 0 saturated heterocycles. The van der Waals surface area contributed by atoms with Gasteiger partial charge in [-0.15, -0.1) is 0 Å². The van der Waals surface area contributed by atoms with Gasteiger partial charge in [-0.2, -0.15) is 0 Å². The van der Waals surface area contributed by atoms with Gasteiger partial charge in [0, 0.05) is 37.7 Å². The van der Waals surface area contributed by atoms with Crippen molar-refractivity contribution < 1.29 is 14.3 Å². The molecule has 2 amide bonds. The predicted molar refractivity (Wildman–Crippen MR) is 116 cm³/mol. The Balaban J connectivity index is 2.25. The minimum Gasteiger partial charge on any atom is -0.382 e. The molecule has 2 rings (SSSR count). The van der Waals surface area contributed by atoms with Crippen molar-refractivity contribution in [3.05, 3.63) is 70.7 Å². The number of halogens is 1. The lowest BCUT2D eigenvalue weighted by Gasteiger charge is -2.31. The van der Waals surface area contributed by atoms with Crippen LogP contribution in [0, 0.1) is 0 Å². The average Bonchev–Trinajstić information content (AvgIpc) is 2.74. The van der Waals surface area contributed by atoms with Gasteiger partial charge in [-0.05, 0) is 36.6 Å². The Hall–Kier alpha value is -2.37. The summed E-state index contributed by atoms with van der Waals surface area (Å²) >= 11 is 5.99. The van der Waals surface area contributed by atoms with Gasteiger partial charge in [-0.25, -0.2) is 0 Å². The van der Waals surface area contributed by atoms with Gasteiger partial charge in [0.2, 0.25) is 11.8 Å². The monoisotopic (exact) mass is 416 g/mol. The third-order valence-corrected chi connectivity index (χ3v) is 4.79. The summed E-state index contributed by atoms with van der Waals surface area (Å²) in [4.78, 5) is 27.6. The molecule has 2 aromatic carbocycles. The second-order valence-corrected chi connectivity index (χ2v) is 7.09. The van der Waals surface area contributed by atoms with Crippen LogP contribution in [0.3, 0.4) is 0 Å². The zero-order chi connectivity index (χ0) is 21.1. The highest BCUT2D eigenvalue weighted by Gasteiger charge is 2.30. The first-order valence-electron chi connectivity index (χ1n) is 10.0. The Morgan fingerprint density at radius 3 is 2.38 bits per heavy atom. The van der Waals surface area contributed by atoms with Crippen molar-refractivity contribution in [3.8, 4) is 0 Å². The Morgan fingerprint density at radius 2 is 1.76 bits per heavy atom. The number of amides is 2. The maximum atomic E-state index is 13.1. The third kappa shape index (κ3) is 7.18. The summed E-state index contributed by atoms with van der Waals surface area (Å²) in [6.07, 6.45) is 1.04. The van der Waals surface area contributed by atoms with E-state index in [1.807, 2.05) is 49.4 Å². The van der Waals surface area contributed by atoms with Gasteiger partial charge in [-0.1, -0.05) is 61.0 Å². The molecule has 0 bridgehead atoms. The molecule has 0 unspecified atom stereocenters. The fourth-order valence-corrected chi connectivity index (χ4v) is 3.17. The topological polar surface area (TPSA) is 58.6 Å². The lowest BCUT2D eigenvalue weighted by molar-refractivity contribution is -0.141. The molecule has 156 valence electrons. The van der Waals surface area contributed by atoms with Gasteiger partial charge in [0.05, 0.1) is 0 Å². The van der Waals surface area contributed by atoms with E-state index in [0.29, 0.717) is 37.7 Å². The SMILES string of the molecule is CCOCCCNC(=O)[C@@H](c1ccccc1)N(Cc1ccc(Cl)cc1)C(=O)CC. The Bertz CT molecular complexity index is 765. The summed E-state index contributed by atoms with van der Waals surface area (Å²) in [6, 6.07) is 16.0. The summed E-state index contributed by atoms with van der Waals surface area (Å²) in [5, 5.41) is 3.59. The van der Waals surface area contributed by atoms with Crippen LogP contribution in [0.4, 0.5) is 0 Å². The first-order chi connectivity index (χ1) is 14.1. The van der Waals surface area contributed by atoms with Crippen LogP contribution in [0.25, 0.3) is 0 Å². The highest BCUT2D eigenvalue weighted by molar-refractivity contribution is 6.30. The van der Waals surface area contributed by atoms with Crippen LogP contribution < -0.4 is 5.32 Å². The van der Waals surface area contributed by atoms with Crippen molar-refractivity contribution in [1.29, 1.82) is 0 Å². The van der Waals surface area contributed by atoms with Crippen LogP contribution >= 0.6 is 11.6 Å². The van der Waals surface area contributed by atoms with E-state index in [4.69, 9.17) is 16.3 Å². The fourth-order valence-electron chi connectivity index (χ4n) is 3.05. The number of rotatable bonds is 11. The third-order valence-electron chi connectivity index (χ3n) is 4.53. The molecular weight excluding hydrogens is 388 g/mol. The molecule has 0 aliphatic heterocycles. The van der Waals surface area contributed by atoms with Crippen molar-refractivity contribution in [2.75, 3.05) is 19.8 Å². The summed E-state index contributed by atoms with van der Waals surface area (Å²) in [7, 11) is 0. The summed E-state index contributed by atoms with van der Waals surface area (Å²) in [5.74, 6) is -0.276. The number of carbonyl (C=O) groups is 2. The van der Waals surface area contributed by atoms with Gasteiger partial charge in [-0.3, -0.25) is 9.59 Å². The van der Waals surface area contributed by atoms with Crippen LogP contribution in [0.5, 0.6) is 0 Å². The minimum atomic E-state index is -0.702. The molecule has 0 aliphatic carbocycles. The molecule has 6 heteroatoms. The number of ether oxygens (including phenoxy) is 1. The predicted octanol–water partition coefficient (Wildman–Crippen LogP) is 4.36. The molecule has 0 aliphatic rings. The normalized spacial score (nSPS) is 11.7. The zero-order valence-corrected chi connectivity index (χ0v) is 17.8. The van der Waals surface area contributed by atoms with Gasteiger partial charge in [0.15, 0.2) is 0 Å². The summed E-state index contributed by atoms with van der Waals surface area (Å²) in [6.45, 7) is 5.82. The van der Waals surface area contributed by atoms with Crippen LogP contribution in [0.2, 0.25) is 5.02 Å². The van der Waals surface area contributed by atoms with E-state index in [1.54, 1.807) is 24.0 Å². The largest absolute Gasteiger partial charge is 0.382 e. The second kappa shape index (κ2) is 12.2.